The average molecular weight is 341 g/mol. The lowest BCUT2D eigenvalue weighted by Crippen LogP contribution is -1.89. The Morgan fingerprint density at radius 3 is 2.62 bits per heavy atom. The number of nitrogens with zero attached hydrogens (tertiary/aromatic N) is 3. The maximum absolute atomic E-state index is 13.7. The molecule has 0 amide bonds. The van der Waals surface area contributed by atoms with Gasteiger partial charge in [0.1, 0.15) is 21.6 Å². The summed E-state index contributed by atoms with van der Waals surface area (Å²) in [6.45, 7) is 1.89. The van der Waals surface area contributed by atoms with Crippen LogP contribution in [0.25, 0.3) is 10.6 Å². The van der Waals surface area contributed by atoms with E-state index in [4.69, 9.17) is 0 Å². The van der Waals surface area contributed by atoms with Gasteiger partial charge in [-0.15, -0.1) is 21.5 Å². The number of thioether (sulfide) groups is 1. The molecule has 1 aromatic carbocycles. The number of aryl methyl sites for hydroxylation is 1. The van der Waals surface area contributed by atoms with Gasteiger partial charge in [0.25, 0.3) is 0 Å². The summed E-state index contributed by atoms with van der Waals surface area (Å²) in [5, 5.41) is 11.0. The lowest BCUT2D eigenvalue weighted by molar-refractivity contribution is 0.589. The number of thiazole rings is 1. The molecule has 0 unspecified atom stereocenters. The molecule has 0 N–H and O–H groups in total. The first-order valence-electron chi connectivity index (χ1n) is 5.95. The van der Waals surface area contributed by atoms with E-state index < -0.39 is 11.6 Å². The predicted octanol–water partition coefficient (Wildman–Crippen LogP) is 4.54. The third-order valence-electron chi connectivity index (χ3n) is 2.58. The van der Waals surface area contributed by atoms with Crippen molar-refractivity contribution < 1.29 is 8.78 Å². The molecule has 3 aromatic rings. The molecule has 0 atom stereocenters. The zero-order chi connectivity index (χ0) is 14.8. The van der Waals surface area contributed by atoms with Gasteiger partial charge in [0.2, 0.25) is 0 Å². The number of hydrogen-bond acceptors (Lipinski definition) is 6. The number of benzene rings is 1. The fraction of sp³-hybridized carbons (Fsp3) is 0.154. The molecule has 2 aromatic heterocycles. The van der Waals surface area contributed by atoms with E-state index in [0.29, 0.717) is 10.8 Å². The SMILES string of the molecule is Cc1nnc(SCc2csc(-c3c(F)cccc3F)n2)s1. The molecule has 3 rings (SSSR count). The van der Waals surface area contributed by atoms with Crippen molar-refractivity contribution in [2.45, 2.75) is 17.0 Å². The highest BCUT2D eigenvalue weighted by Gasteiger charge is 2.15. The van der Waals surface area contributed by atoms with Crippen molar-refractivity contribution in [1.29, 1.82) is 0 Å². The molecule has 2 heterocycles. The van der Waals surface area contributed by atoms with E-state index in [1.54, 1.807) is 0 Å². The fourth-order valence-corrected chi connectivity index (χ4v) is 4.34. The van der Waals surface area contributed by atoms with Crippen LogP contribution in [-0.2, 0) is 5.75 Å². The van der Waals surface area contributed by atoms with Gasteiger partial charge in [0.05, 0.1) is 11.3 Å². The first-order valence-corrected chi connectivity index (χ1v) is 8.63. The van der Waals surface area contributed by atoms with Crippen LogP contribution in [0.2, 0.25) is 0 Å². The van der Waals surface area contributed by atoms with Crippen molar-refractivity contribution in [3.63, 3.8) is 0 Å². The molecule has 0 aliphatic rings. The van der Waals surface area contributed by atoms with Gasteiger partial charge in [-0.3, -0.25) is 0 Å². The van der Waals surface area contributed by atoms with E-state index in [0.717, 1.165) is 15.0 Å². The molecule has 108 valence electrons. The van der Waals surface area contributed by atoms with E-state index >= 15 is 0 Å². The fourth-order valence-electron chi connectivity index (χ4n) is 1.66. The molecule has 0 aliphatic carbocycles. The summed E-state index contributed by atoms with van der Waals surface area (Å²) in [4.78, 5) is 4.30. The van der Waals surface area contributed by atoms with Crippen LogP contribution in [0.15, 0.2) is 27.9 Å². The molecule has 0 fully saturated rings. The molecule has 0 aliphatic heterocycles. The Labute approximate surface area is 132 Å². The quantitative estimate of drug-likeness (QED) is 0.653. The van der Waals surface area contributed by atoms with Gasteiger partial charge in [-0.1, -0.05) is 29.2 Å². The minimum atomic E-state index is -0.594. The zero-order valence-electron chi connectivity index (χ0n) is 10.8. The van der Waals surface area contributed by atoms with Gasteiger partial charge in [-0.2, -0.15) is 0 Å². The van der Waals surface area contributed by atoms with E-state index in [1.165, 1.54) is 52.6 Å². The first kappa shape index (κ1) is 14.6. The van der Waals surface area contributed by atoms with Crippen molar-refractivity contribution in [1.82, 2.24) is 15.2 Å². The van der Waals surface area contributed by atoms with E-state index in [-0.39, 0.29) is 5.56 Å². The average Bonchev–Trinajstić information content (AvgIpc) is 3.06. The number of hydrogen-bond donors (Lipinski definition) is 0. The van der Waals surface area contributed by atoms with Crippen molar-refractivity contribution in [3.05, 3.63) is 45.9 Å². The van der Waals surface area contributed by atoms with Crippen LogP contribution < -0.4 is 0 Å². The molecule has 0 bridgehead atoms. The molecular formula is C13H9F2N3S3. The van der Waals surface area contributed by atoms with Gasteiger partial charge in [-0.05, 0) is 19.1 Å². The highest BCUT2D eigenvalue weighted by Crippen LogP contribution is 2.31. The molecule has 0 saturated carbocycles. The topological polar surface area (TPSA) is 38.7 Å². The summed E-state index contributed by atoms with van der Waals surface area (Å²) in [7, 11) is 0. The van der Waals surface area contributed by atoms with Gasteiger partial charge in [-0.25, -0.2) is 13.8 Å². The second-order valence-electron chi connectivity index (χ2n) is 4.12. The summed E-state index contributed by atoms with van der Waals surface area (Å²) in [5.74, 6) is -0.590. The van der Waals surface area contributed by atoms with Crippen molar-refractivity contribution in [2.75, 3.05) is 0 Å². The Kier molecular flexibility index (Phi) is 4.27. The number of rotatable bonds is 4. The van der Waals surface area contributed by atoms with Gasteiger partial charge in [0.15, 0.2) is 4.34 Å². The lowest BCUT2D eigenvalue weighted by atomic mass is 10.2. The van der Waals surface area contributed by atoms with Crippen molar-refractivity contribution >= 4 is 34.4 Å². The lowest BCUT2D eigenvalue weighted by Gasteiger charge is -2.00. The normalized spacial score (nSPS) is 11.0. The summed E-state index contributed by atoms with van der Waals surface area (Å²) in [6.07, 6.45) is 0. The minimum Gasteiger partial charge on any atom is -0.240 e. The molecule has 0 spiro atoms. The maximum Gasteiger partial charge on any atom is 0.174 e. The maximum atomic E-state index is 13.7. The van der Waals surface area contributed by atoms with Gasteiger partial charge >= 0.3 is 0 Å². The van der Waals surface area contributed by atoms with E-state index in [2.05, 4.69) is 15.2 Å². The van der Waals surface area contributed by atoms with Crippen LogP contribution in [0.5, 0.6) is 0 Å². The second-order valence-corrected chi connectivity index (χ2v) is 7.38. The van der Waals surface area contributed by atoms with E-state index in [9.17, 15) is 8.78 Å². The standard InChI is InChI=1S/C13H9F2N3S3/c1-7-17-18-13(21-7)20-6-8-5-19-12(16-8)11-9(14)3-2-4-10(11)15/h2-5H,6H2,1H3. The summed E-state index contributed by atoms with van der Waals surface area (Å²) in [6, 6.07) is 3.81. The van der Waals surface area contributed by atoms with Crippen LogP contribution in [0, 0.1) is 18.6 Å². The Morgan fingerprint density at radius 1 is 1.19 bits per heavy atom. The zero-order valence-corrected chi connectivity index (χ0v) is 13.3. The highest BCUT2D eigenvalue weighted by molar-refractivity contribution is 8.00. The molecular weight excluding hydrogens is 332 g/mol. The molecule has 0 radical (unpaired) electrons. The van der Waals surface area contributed by atoms with Crippen LogP contribution in [0.3, 0.4) is 0 Å². The van der Waals surface area contributed by atoms with Crippen molar-refractivity contribution in [2.24, 2.45) is 0 Å². The first-order chi connectivity index (χ1) is 10.1. The van der Waals surface area contributed by atoms with Gasteiger partial charge < -0.3 is 0 Å². The van der Waals surface area contributed by atoms with Crippen molar-refractivity contribution in [3.8, 4) is 10.6 Å². The highest BCUT2D eigenvalue weighted by atomic mass is 32.2. The smallest absolute Gasteiger partial charge is 0.174 e. The summed E-state index contributed by atoms with van der Waals surface area (Å²) < 4.78 is 28.3. The van der Waals surface area contributed by atoms with Crippen LogP contribution in [0.4, 0.5) is 8.78 Å². The Morgan fingerprint density at radius 2 is 1.95 bits per heavy atom. The largest absolute Gasteiger partial charge is 0.240 e. The monoisotopic (exact) mass is 341 g/mol. The minimum absolute atomic E-state index is 0.0643. The van der Waals surface area contributed by atoms with E-state index in [1.807, 2.05) is 12.3 Å². The molecule has 21 heavy (non-hydrogen) atoms. The van der Waals surface area contributed by atoms with Gasteiger partial charge in [0, 0.05) is 11.1 Å². The van der Waals surface area contributed by atoms with Crippen LogP contribution in [0.1, 0.15) is 10.7 Å². The summed E-state index contributed by atoms with van der Waals surface area (Å²) >= 11 is 4.26. The molecule has 8 heteroatoms. The Hall–Kier alpha value is -1.38. The number of halogens is 2. The third kappa shape index (κ3) is 3.28. The second kappa shape index (κ2) is 6.17. The molecule has 3 nitrogen and oxygen atoms in total. The Bertz CT molecular complexity index is 749. The molecule has 0 saturated heterocycles. The summed E-state index contributed by atoms with van der Waals surface area (Å²) in [5.41, 5.74) is 0.709. The van der Waals surface area contributed by atoms with Crippen LogP contribution in [-0.4, -0.2) is 15.2 Å². The predicted molar refractivity (Wildman–Crippen MR) is 81.7 cm³/mol. The number of aromatic nitrogens is 3. The van der Waals surface area contributed by atoms with Crippen LogP contribution >= 0.6 is 34.4 Å². The Balaban J connectivity index is 1.77. The third-order valence-corrected chi connectivity index (χ3v) is 5.49.